The first kappa shape index (κ1) is 31.0. The largest absolute Gasteiger partial charge is 0.444 e. The number of ether oxygens (including phenoxy) is 1. The molecule has 2 aliphatic heterocycles. The quantitative estimate of drug-likeness (QED) is 0.255. The van der Waals surface area contributed by atoms with Crippen LogP contribution in [0.25, 0.3) is 10.9 Å². The second-order valence-electron chi connectivity index (χ2n) is 13.3. The first-order valence-electron chi connectivity index (χ1n) is 15.4. The van der Waals surface area contributed by atoms with Crippen LogP contribution in [0.2, 0.25) is 0 Å². The molecule has 2 aromatic carbocycles. The van der Waals surface area contributed by atoms with Crippen molar-refractivity contribution in [2.45, 2.75) is 77.6 Å². The lowest BCUT2D eigenvalue weighted by molar-refractivity contribution is -0.00947. The number of nitrogens with one attached hydrogen (secondary N) is 1. The van der Waals surface area contributed by atoms with Crippen molar-refractivity contribution in [3.8, 4) is 0 Å². The topological polar surface area (TPSA) is 87.0 Å². The number of benzene rings is 2. The van der Waals surface area contributed by atoms with Crippen molar-refractivity contribution in [1.82, 2.24) is 19.8 Å². The van der Waals surface area contributed by atoms with Gasteiger partial charge in [0.25, 0.3) is 5.91 Å². The van der Waals surface area contributed by atoms with Crippen LogP contribution in [0.1, 0.15) is 73.6 Å². The first-order chi connectivity index (χ1) is 20.4. The molecule has 2 N–H and O–H groups in total. The molecule has 0 unspecified atom stereocenters. The number of amides is 2. The summed E-state index contributed by atoms with van der Waals surface area (Å²) in [5, 5.41) is 10.1. The molecule has 9 heteroatoms. The molecule has 3 aromatic rings. The highest BCUT2D eigenvalue weighted by Crippen LogP contribution is 2.33. The van der Waals surface area contributed by atoms with E-state index in [1.165, 1.54) is 22.2 Å². The second-order valence-corrected chi connectivity index (χ2v) is 13.3. The lowest BCUT2D eigenvalue weighted by Gasteiger charge is -2.41. The minimum atomic E-state index is -1.27. The van der Waals surface area contributed by atoms with Gasteiger partial charge in [0.05, 0.1) is 0 Å². The third-order valence-corrected chi connectivity index (χ3v) is 9.03. The van der Waals surface area contributed by atoms with Gasteiger partial charge < -0.3 is 19.1 Å². The number of alkyl halides is 1. The number of aromatic nitrogens is 1. The Labute approximate surface area is 253 Å². The molecule has 232 valence electrons. The van der Waals surface area contributed by atoms with Crippen molar-refractivity contribution in [3.05, 3.63) is 70.9 Å². The molecule has 2 fully saturated rings. The standard InChI is InChI=1S/C34H45FN4O4/c1-24-29(21-25-9-11-27(12-10-25)31(40)36-42)28-7-5-6-8-30(28)39(24)22-26-13-17-37(18-14-26)23-34(35)15-19-38(20-16-34)32(41)43-33(2,3)4/h5-12,26,42H,13-23H2,1-4H3,(H,36,40). The molecule has 0 bridgehead atoms. The molecule has 0 aliphatic carbocycles. The van der Waals surface area contributed by atoms with Crippen LogP contribution in [0.4, 0.5) is 9.18 Å². The molecular weight excluding hydrogens is 547 g/mol. The maximum atomic E-state index is 15.8. The van der Waals surface area contributed by atoms with Gasteiger partial charge in [0.15, 0.2) is 0 Å². The summed E-state index contributed by atoms with van der Waals surface area (Å²) in [6.07, 6.45) is 3.15. The third kappa shape index (κ3) is 7.39. The van der Waals surface area contributed by atoms with Crippen LogP contribution >= 0.6 is 0 Å². The average Bonchev–Trinajstić information content (AvgIpc) is 3.23. The minimum absolute atomic E-state index is 0.348. The summed E-state index contributed by atoms with van der Waals surface area (Å²) >= 11 is 0. The fourth-order valence-corrected chi connectivity index (χ4v) is 6.56. The van der Waals surface area contributed by atoms with Crippen LogP contribution in [0, 0.1) is 12.8 Å². The van der Waals surface area contributed by atoms with Crippen LogP contribution < -0.4 is 5.48 Å². The predicted octanol–water partition coefficient (Wildman–Crippen LogP) is 6.11. The fraction of sp³-hybridized carbons (Fsp3) is 0.529. The molecule has 0 atom stereocenters. The van der Waals surface area contributed by atoms with E-state index in [0.29, 0.717) is 44.0 Å². The Morgan fingerprint density at radius 3 is 2.30 bits per heavy atom. The maximum Gasteiger partial charge on any atom is 0.410 e. The van der Waals surface area contributed by atoms with E-state index in [1.54, 1.807) is 22.5 Å². The zero-order chi connectivity index (χ0) is 30.8. The molecule has 0 saturated carbocycles. The van der Waals surface area contributed by atoms with Crippen LogP contribution in [0.3, 0.4) is 0 Å². The Morgan fingerprint density at radius 1 is 1.02 bits per heavy atom. The number of fused-ring (bicyclic) bond motifs is 1. The van der Waals surface area contributed by atoms with E-state index in [2.05, 4.69) is 40.7 Å². The number of piperidine rings is 2. The number of nitrogens with zero attached hydrogens (tertiary/aromatic N) is 3. The van der Waals surface area contributed by atoms with E-state index >= 15 is 4.39 Å². The molecule has 1 aromatic heterocycles. The Kier molecular flexibility index (Phi) is 9.13. The van der Waals surface area contributed by atoms with Gasteiger partial charge in [-0.05, 0) is 95.3 Å². The summed E-state index contributed by atoms with van der Waals surface area (Å²) in [6, 6.07) is 15.9. The number of halogens is 1. The van der Waals surface area contributed by atoms with Crippen molar-refractivity contribution in [1.29, 1.82) is 0 Å². The van der Waals surface area contributed by atoms with Crippen LogP contribution in [0.15, 0.2) is 48.5 Å². The van der Waals surface area contributed by atoms with Crippen LogP contribution in [-0.4, -0.2) is 75.6 Å². The summed E-state index contributed by atoms with van der Waals surface area (Å²) in [4.78, 5) is 28.0. The van der Waals surface area contributed by atoms with Gasteiger partial charge in [-0.3, -0.25) is 10.0 Å². The summed E-state index contributed by atoms with van der Waals surface area (Å²) < 4.78 is 23.7. The molecule has 2 aliphatic rings. The zero-order valence-electron chi connectivity index (χ0n) is 25.9. The Hall–Kier alpha value is -3.43. The van der Waals surface area contributed by atoms with Crippen LogP contribution in [-0.2, 0) is 17.7 Å². The maximum absolute atomic E-state index is 15.8. The van der Waals surface area contributed by atoms with Gasteiger partial charge in [0.1, 0.15) is 11.3 Å². The summed E-state index contributed by atoms with van der Waals surface area (Å²) in [5.74, 6) is -0.00453. The zero-order valence-corrected chi connectivity index (χ0v) is 25.9. The van der Waals surface area contributed by atoms with Gasteiger partial charge in [0, 0.05) is 61.2 Å². The molecule has 8 nitrogen and oxygen atoms in total. The van der Waals surface area contributed by atoms with Gasteiger partial charge in [-0.1, -0.05) is 30.3 Å². The van der Waals surface area contributed by atoms with Crippen molar-refractivity contribution in [2.24, 2.45) is 5.92 Å². The van der Waals surface area contributed by atoms with E-state index in [9.17, 15) is 9.59 Å². The van der Waals surface area contributed by atoms with Crippen molar-refractivity contribution in [3.63, 3.8) is 0 Å². The summed E-state index contributed by atoms with van der Waals surface area (Å²) in [6.45, 7) is 11.6. The van der Waals surface area contributed by atoms with Gasteiger partial charge >= 0.3 is 6.09 Å². The van der Waals surface area contributed by atoms with E-state index in [4.69, 9.17) is 9.94 Å². The van der Waals surface area contributed by atoms with Gasteiger partial charge in [-0.25, -0.2) is 14.7 Å². The Balaban J connectivity index is 1.18. The lowest BCUT2D eigenvalue weighted by atomic mass is 9.90. The SMILES string of the molecule is Cc1c(Cc2ccc(C(=O)NO)cc2)c2ccccc2n1CC1CCN(CC2(F)CCN(C(=O)OC(C)(C)C)CC2)CC1. The number of hydrogen-bond acceptors (Lipinski definition) is 5. The molecule has 43 heavy (non-hydrogen) atoms. The third-order valence-electron chi connectivity index (χ3n) is 9.03. The molecule has 2 amide bonds. The fourth-order valence-electron chi connectivity index (χ4n) is 6.56. The van der Waals surface area contributed by atoms with Gasteiger partial charge in [-0.15, -0.1) is 0 Å². The van der Waals surface area contributed by atoms with Crippen molar-refractivity contribution >= 4 is 22.9 Å². The molecule has 3 heterocycles. The smallest absolute Gasteiger partial charge is 0.410 e. The Morgan fingerprint density at radius 2 is 1.67 bits per heavy atom. The molecule has 0 spiro atoms. The highest BCUT2D eigenvalue weighted by molar-refractivity contribution is 5.93. The van der Waals surface area contributed by atoms with E-state index in [-0.39, 0.29) is 6.09 Å². The number of carbonyl (C=O) groups excluding carboxylic acids is 2. The monoisotopic (exact) mass is 592 g/mol. The number of rotatable bonds is 7. The Bertz CT molecular complexity index is 1430. The molecular formula is C34H45FN4O4. The van der Waals surface area contributed by atoms with Crippen LogP contribution in [0.5, 0.6) is 0 Å². The van der Waals surface area contributed by atoms with E-state index < -0.39 is 17.2 Å². The number of hydrogen-bond donors (Lipinski definition) is 2. The molecule has 0 radical (unpaired) electrons. The minimum Gasteiger partial charge on any atom is -0.444 e. The summed E-state index contributed by atoms with van der Waals surface area (Å²) in [5.41, 5.74) is 5.14. The van der Waals surface area contributed by atoms with Gasteiger partial charge in [-0.2, -0.15) is 0 Å². The molecule has 5 rings (SSSR count). The highest BCUT2D eigenvalue weighted by Gasteiger charge is 2.39. The van der Waals surface area contributed by atoms with E-state index in [0.717, 1.165) is 44.5 Å². The van der Waals surface area contributed by atoms with Crippen molar-refractivity contribution in [2.75, 3.05) is 32.7 Å². The lowest BCUT2D eigenvalue weighted by Crippen LogP contribution is -2.51. The normalized spacial score (nSPS) is 18.1. The summed E-state index contributed by atoms with van der Waals surface area (Å²) in [7, 11) is 0. The molecule has 2 saturated heterocycles. The number of likely N-dealkylation sites (tertiary alicyclic amines) is 2. The van der Waals surface area contributed by atoms with Gasteiger partial charge in [0.2, 0.25) is 0 Å². The van der Waals surface area contributed by atoms with E-state index in [1.807, 2.05) is 32.9 Å². The average molecular weight is 593 g/mol. The predicted molar refractivity (Wildman–Crippen MR) is 165 cm³/mol. The van der Waals surface area contributed by atoms with Crippen molar-refractivity contribution < 1.29 is 23.9 Å². The second kappa shape index (κ2) is 12.7. The number of hydroxylamine groups is 1. The highest BCUT2D eigenvalue weighted by atomic mass is 19.1. The number of para-hydroxylation sites is 1. The number of carbonyl (C=O) groups is 2. The first-order valence-corrected chi connectivity index (χ1v) is 15.4.